The third-order valence-corrected chi connectivity index (χ3v) is 3.69. The molecule has 1 saturated heterocycles. The summed E-state index contributed by atoms with van der Waals surface area (Å²) in [6, 6.07) is 2.07. The van der Waals surface area contributed by atoms with Gasteiger partial charge in [0, 0.05) is 37.1 Å². The van der Waals surface area contributed by atoms with Crippen molar-refractivity contribution in [2.45, 2.75) is 6.92 Å². The van der Waals surface area contributed by atoms with Gasteiger partial charge in [-0.15, -0.1) is 11.3 Å². The molecule has 4 heteroatoms. The van der Waals surface area contributed by atoms with E-state index in [1.54, 1.807) is 17.4 Å². The van der Waals surface area contributed by atoms with E-state index in [4.69, 9.17) is 0 Å². The largest absolute Gasteiger partial charge is 0.337 e. The monoisotopic (exact) mass is 236 g/mol. The van der Waals surface area contributed by atoms with Gasteiger partial charge >= 0.3 is 0 Å². The zero-order chi connectivity index (χ0) is 11.4. The number of carbonyl (C=O) groups is 1. The predicted octanol–water partition coefficient (Wildman–Crippen LogP) is 1.50. The van der Waals surface area contributed by atoms with Gasteiger partial charge in [0.15, 0.2) is 0 Å². The summed E-state index contributed by atoms with van der Waals surface area (Å²) < 4.78 is 0. The lowest BCUT2D eigenvalue weighted by molar-refractivity contribution is -0.126. The maximum absolute atomic E-state index is 11.8. The molecule has 16 heavy (non-hydrogen) atoms. The Morgan fingerprint density at radius 2 is 2.25 bits per heavy atom. The maximum Gasteiger partial charge on any atom is 0.246 e. The highest BCUT2D eigenvalue weighted by molar-refractivity contribution is 7.11. The number of piperazine rings is 1. The Balaban J connectivity index is 1.96. The van der Waals surface area contributed by atoms with E-state index in [0.29, 0.717) is 0 Å². The van der Waals surface area contributed by atoms with Crippen LogP contribution in [0, 0.1) is 6.92 Å². The quantitative estimate of drug-likeness (QED) is 0.789. The van der Waals surface area contributed by atoms with Crippen molar-refractivity contribution in [1.29, 1.82) is 0 Å². The molecule has 1 fully saturated rings. The van der Waals surface area contributed by atoms with Crippen LogP contribution in [0.15, 0.2) is 17.5 Å². The molecule has 0 aromatic carbocycles. The van der Waals surface area contributed by atoms with Crippen molar-refractivity contribution in [2.24, 2.45) is 0 Å². The summed E-state index contributed by atoms with van der Waals surface area (Å²) in [6.07, 6.45) is 3.61. The van der Waals surface area contributed by atoms with Crippen LogP contribution in [0.4, 0.5) is 0 Å². The number of hydrogen-bond donors (Lipinski definition) is 1. The summed E-state index contributed by atoms with van der Waals surface area (Å²) >= 11 is 1.67. The van der Waals surface area contributed by atoms with Crippen molar-refractivity contribution in [1.82, 2.24) is 10.2 Å². The average Bonchev–Trinajstić information content (AvgIpc) is 2.73. The van der Waals surface area contributed by atoms with Crippen LogP contribution < -0.4 is 5.32 Å². The Kier molecular flexibility index (Phi) is 3.74. The zero-order valence-electron chi connectivity index (χ0n) is 9.40. The minimum Gasteiger partial charge on any atom is -0.337 e. The summed E-state index contributed by atoms with van der Waals surface area (Å²) in [6.45, 7) is 5.49. The molecule has 0 aliphatic carbocycles. The summed E-state index contributed by atoms with van der Waals surface area (Å²) in [5.74, 6) is 0.120. The highest BCUT2D eigenvalue weighted by Gasteiger charge is 2.13. The normalized spacial score (nSPS) is 16.9. The van der Waals surface area contributed by atoms with E-state index in [1.807, 2.05) is 16.4 Å². The van der Waals surface area contributed by atoms with Gasteiger partial charge in [-0.2, -0.15) is 0 Å². The fourth-order valence-electron chi connectivity index (χ4n) is 1.69. The predicted molar refractivity (Wildman–Crippen MR) is 67.5 cm³/mol. The van der Waals surface area contributed by atoms with Crippen LogP contribution in [-0.4, -0.2) is 37.0 Å². The lowest BCUT2D eigenvalue weighted by Crippen LogP contribution is -2.45. The minimum absolute atomic E-state index is 0.120. The molecular weight excluding hydrogens is 220 g/mol. The molecule has 2 heterocycles. The van der Waals surface area contributed by atoms with Gasteiger partial charge < -0.3 is 10.2 Å². The van der Waals surface area contributed by atoms with Crippen LogP contribution in [0.1, 0.15) is 10.4 Å². The number of thiophene rings is 1. The van der Waals surface area contributed by atoms with Gasteiger partial charge in [-0.1, -0.05) is 0 Å². The Morgan fingerprint density at radius 3 is 2.88 bits per heavy atom. The molecule has 1 aromatic rings. The minimum atomic E-state index is 0.120. The van der Waals surface area contributed by atoms with Crippen molar-refractivity contribution >= 4 is 23.3 Å². The van der Waals surface area contributed by atoms with Crippen molar-refractivity contribution in [3.63, 3.8) is 0 Å². The Bertz CT molecular complexity index is 391. The van der Waals surface area contributed by atoms with Gasteiger partial charge in [0.2, 0.25) is 5.91 Å². The highest BCUT2D eigenvalue weighted by Crippen LogP contribution is 2.17. The number of carbonyl (C=O) groups excluding carboxylic acids is 1. The molecular formula is C12H16N2OS. The molecule has 0 unspecified atom stereocenters. The first-order valence-electron chi connectivity index (χ1n) is 5.49. The lowest BCUT2D eigenvalue weighted by atomic mass is 10.2. The second kappa shape index (κ2) is 5.27. The maximum atomic E-state index is 11.8. The van der Waals surface area contributed by atoms with Gasteiger partial charge in [0.1, 0.15) is 0 Å². The zero-order valence-corrected chi connectivity index (χ0v) is 10.2. The summed E-state index contributed by atoms with van der Waals surface area (Å²) in [5.41, 5.74) is 1.23. The van der Waals surface area contributed by atoms with Gasteiger partial charge in [-0.25, -0.2) is 0 Å². The Hall–Kier alpha value is -1.13. The van der Waals surface area contributed by atoms with Crippen LogP contribution in [0.5, 0.6) is 0 Å². The first-order chi connectivity index (χ1) is 7.77. The van der Waals surface area contributed by atoms with Crippen molar-refractivity contribution in [3.8, 4) is 0 Å². The fourth-order valence-corrected chi connectivity index (χ4v) is 2.51. The van der Waals surface area contributed by atoms with Crippen LogP contribution in [0.25, 0.3) is 6.08 Å². The molecule has 1 amide bonds. The molecule has 1 aromatic heterocycles. The molecule has 0 spiro atoms. The second-order valence-corrected chi connectivity index (χ2v) is 4.82. The molecule has 1 aliphatic rings. The smallest absolute Gasteiger partial charge is 0.246 e. The Labute approximate surface area is 99.8 Å². The lowest BCUT2D eigenvalue weighted by Gasteiger charge is -2.26. The van der Waals surface area contributed by atoms with E-state index in [0.717, 1.165) is 26.2 Å². The number of amides is 1. The van der Waals surface area contributed by atoms with Crippen molar-refractivity contribution in [2.75, 3.05) is 26.2 Å². The molecule has 0 atom stereocenters. The SMILES string of the molecule is Cc1ccsc1C=CC(=O)N1CCNCC1. The third-order valence-electron chi connectivity index (χ3n) is 2.71. The highest BCUT2D eigenvalue weighted by atomic mass is 32.1. The first kappa shape index (κ1) is 11.4. The standard InChI is InChI=1S/C12H16N2OS/c1-10-4-9-16-11(10)2-3-12(15)14-7-5-13-6-8-14/h2-4,9,13H,5-8H2,1H3. The number of rotatable bonds is 2. The number of hydrogen-bond acceptors (Lipinski definition) is 3. The molecule has 1 N–H and O–H groups in total. The van der Waals surface area contributed by atoms with E-state index in [1.165, 1.54) is 10.4 Å². The van der Waals surface area contributed by atoms with Gasteiger partial charge in [0.05, 0.1) is 0 Å². The molecule has 2 rings (SSSR count). The Morgan fingerprint density at radius 1 is 1.50 bits per heavy atom. The number of aryl methyl sites for hydroxylation is 1. The van der Waals surface area contributed by atoms with Crippen LogP contribution in [0.3, 0.4) is 0 Å². The van der Waals surface area contributed by atoms with Crippen molar-refractivity contribution < 1.29 is 4.79 Å². The third kappa shape index (κ3) is 2.71. The van der Waals surface area contributed by atoms with Crippen LogP contribution >= 0.6 is 11.3 Å². The average molecular weight is 236 g/mol. The molecule has 0 saturated carbocycles. The van der Waals surface area contributed by atoms with E-state index in [9.17, 15) is 4.79 Å². The van der Waals surface area contributed by atoms with E-state index in [-0.39, 0.29) is 5.91 Å². The molecule has 3 nitrogen and oxygen atoms in total. The van der Waals surface area contributed by atoms with Crippen LogP contribution in [0.2, 0.25) is 0 Å². The fraction of sp³-hybridized carbons (Fsp3) is 0.417. The number of nitrogens with zero attached hydrogens (tertiary/aromatic N) is 1. The summed E-state index contributed by atoms with van der Waals surface area (Å²) in [4.78, 5) is 14.9. The summed E-state index contributed by atoms with van der Waals surface area (Å²) in [5, 5.41) is 5.28. The van der Waals surface area contributed by atoms with Crippen LogP contribution in [-0.2, 0) is 4.79 Å². The molecule has 1 aliphatic heterocycles. The first-order valence-corrected chi connectivity index (χ1v) is 6.37. The topological polar surface area (TPSA) is 32.3 Å². The van der Waals surface area contributed by atoms with Gasteiger partial charge in [0.25, 0.3) is 0 Å². The van der Waals surface area contributed by atoms with E-state index >= 15 is 0 Å². The number of nitrogens with one attached hydrogen (secondary N) is 1. The molecule has 0 radical (unpaired) electrons. The molecule has 0 bridgehead atoms. The molecule has 86 valence electrons. The summed E-state index contributed by atoms with van der Waals surface area (Å²) in [7, 11) is 0. The van der Waals surface area contributed by atoms with Gasteiger partial charge in [-0.05, 0) is 30.0 Å². The van der Waals surface area contributed by atoms with Crippen molar-refractivity contribution in [3.05, 3.63) is 28.0 Å². The van der Waals surface area contributed by atoms with E-state index in [2.05, 4.69) is 18.3 Å². The van der Waals surface area contributed by atoms with Gasteiger partial charge in [-0.3, -0.25) is 4.79 Å². The van der Waals surface area contributed by atoms with E-state index < -0.39 is 0 Å². The second-order valence-electron chi connectivity index (χ2n) is 3.88.